The molecule has 1 aliphatic rings. The van der Waals surface area contributed by atoms with Crippen molar-refractivity contribution in [2.45, 2.75) is 38.5 Å². The first-order valence-corrected chi connectivity index (χ1v) is 6.56. The standard InChI is InChI=1S/C14H16F2N2/c15-10-7-11(16)14-12(8-10)17-13(18-14)6-5-9-3-1-2-4-9/h7-9H,1-6H2,(H,17,18). The number of aryl methyl sites for hydroxylation is 1. The number of H-pyrrole nitrogens is 1. The molecule has 0 unspecified atom stereocenters. The Labute approximate surface area is 104 Å². The van der Waals surface area contributed by atoms with Crippen molar-refractivity contribution >= 4 is 11.0 Å². The van der Waals surface area contributed by atoms with Crippen LogP contribution in [-0.2, 0) is 6.42 Å². The zero-order valence-corrected chi connectivity index (χ0v) is 10.2. The van der Waals surface area contributed by atoms with E-state index in [2.05, 4.69) is 9.97 Å². The van der Waals surface area contributed by atoms with E-state index in [1.165, 1.54) is 31.7 Å². The molecule has 96 valence electrons. The van der Waals surface area contributed by atoms with E-state index in [4.69, 9.17) is 0 Å². The fourth-order valence-corrected chi connectivity index (χ4v) is 2.85. The number of halogens is 2. The Morgan fingerprint density at radius 1 is 1.22 bits per heavy atom. The van der Waals surface area contributed by atoms with Gasteiger partial charge in [-0.05, 0) is 18.4 Å². The van der Waals surface area contributed by atoms with Crippen LogP contribution >= 0.6 is 0 Å². The minimum absolute atomic E-state index is 0.248. The number of aromatic nitrogens is 2. The molecule has 1 N–H and O–H groups in total. The lowest BCUT2D eigenvalue weighted by Gasteiger charge is -2.05. The lowest BCUT2D eigenvalue weighted by atomic mass is 10.0. The first-order chi connectivity index (χ1) is 8.72. The van der Waals surface area contributed by atoms with Crippen LogP contribution < -0.4 is 0 Å². The van der Waals surface area contributed by atoms with Gasteiger partial charge in [0.25, 0.3) is 0 Å². The van der Waals surface area contributed by atoms with Gasteiger partial charge in [-0.3, -0.25) is 0 Å². The number of benzene rings is 1. The Kier molecular flexibility index (Phi) is 3.02. The van der Waals surface area contributed by atoms with Crippen LogP contribution in [0.15, 0.2) is 12.1 Å². The van der Waals surface area contributed by atoms with Gasteiger partial charge >= 0.3 is 0 Å². The molecular weight excluding hydrogens is 234 g/mol. The van der Waals surface area contributed by atoms with Crippen molar-refractivity contribution in [3.8, 4) is 0 Å². The number of aromatic amines is 1. The predicted octanol–water partition coefficient (Wildman–Crippen LogP) is 3.96. The lowest BCUT2D eigenvalue weighted by Crippen LogP contribution is -1.97. The van der Waals surface area contributed by atoms with E-state index < -0.39 is 11.6 Å². The molecule has 1 aromatic heterocycles. The van der Waals surface area contributed by atoms with Crippen LogP contribution in [0.2, 0.25) is 0 Å². The predicted molar refractivity (Wildman–Crippen MR) is 66.3 cm³/mol. The van der Waals surface area contributed by atoms with Gasteiger partial charge in [-0.2, -0.15) is 0 Å². The van der Waals surface area contributed by atoms with Gasteiger partial charge in [0.1, 0.15) is 17.2 Å². The summed E-state index contributed by atoms with van der Waals surface area (Å²) in [5.74, 6) is 0.389. The van der Waals surface area contributed by atoms with Crippen molar-refractivity contribution < 1.29 is 8.78 Å². The first-order valence-electron chi connectivity index (χ1n) is 6.56. The quantitative estimate of drug-likeness (QED) is 0.877. The van der Waals surface area contributed by atoms with Crippen molar-refractivity contribution in [3.63, 3.8) is 0 Å². The Morgan fingerprint density at radius 2 is 2.00 bits per heavy atom. The molecule has 0 atom stereocenters. The van der Waals surface area contributed by atoms with Gasteiger partial charge in [0.05, 0.1) is 5.52 Å². The highest BCUT2D eigenvalue weighted by Gasteiger charge is 2.16. The lowest BCUT2D eigenvalue weighted by molar-refractivity contribution is 0.498. The SMILES string of the molecule is Fc1cc(F)c2nc(CCC3CCCC3)[nH]c2c1. The number of hydrogen-bond donors (Lipinski definition) is 1. The summed E-state index contributed by atoms with van der Waals surface area (Å²) in [6, 6.07) is 2.18. The average Bonchev–Trinajstić information content (AvgIpc) is 2.93. The molecule has 1 aliphatic carbocycles. The molecule has 1 saturated carbocycles. The van der Waals surface area contributed by atoms with E-state index in [-0.39, 0.29) is 5.52 Å². The summed E-state index contributed by atoms with van der Waals surface area (Å²) >= 11 is 0. The molecule has 0 bridgehead atoms. The fraction of sp³-hybridized carbons (Fsp3) is 0.500. The minimum Gasteiger partial charge on any atom is -0.342 e. The molecule has 0 radical (unpaired) electrons. The molecule has 18 heavy (non-hydrogen) atoms. The summed E-state index contributed by atoms with van der Waals surface area (Å²) in [6.07, 6.45) is 7.14. The molecule has 0 spiro atoms. The largest absolute Gasteiger partial charge is 0.342 e. The summed E-state index contributed by atoms with van der Waals surface area (Å²) in [7, 11) is 0. The van der Waals surface area contributed by atoms with E-state index in [1.807, 2.05) is 0 Å². The highest BCUT2D eigenvalue weighted by Crippen LogP contribution is 2.28. The van der Waals surface area contributed by atoms with Crippen molar-refractivity contribution in [1.29, 1.82) is 0 Å². The van der Waals surface area contributed by atoms with E-state index in [0.29, 0.717) is 5.52 Å². The zero-order valence-electron chi connectivity index (χ0n) is 10.2. The van der Waals surface area contributed by atoms with Crippen molar-refractivity contribution in [2.75, 3.05) is 0 Å². The number of imidazole rings is 1. The monoisotopic (exact) mass is 250 g/mol. The Balaban J connectivity index is 1.78. The van der Waals surface area contributed by atoms with Gasteiger partial charge in [0.2, 0.25) is 0 Å². The van der Waals surface area contributed by atoms with Crippen LogP contribution in [0.5, 0.6) is 0 Å². The molecule has 3 rings (SSSR count). The molecule has 2 nitrogen and oxygen atoms in total. The Morgan fingerprint density at radius 3 is 2.78 bits per heavy atom. The van der Waals surface area contributed by atoms with Crippen LogP contribution in [0.1, 0.15) is 37.9 Å². The highest BCUT2D eigenvalue weighted by atomic mass is 19.1. The summed E-state index contributed by atoms with van der Waals surface area (Å²) in [5, 5.41) is 0. The second kappa shape index (κ2) is 4.67. The third kappa shape index (κ3) is 2.24. The zero-order chi connectivity index (χ0) is 12.5. The van der Waals surface area contributed by atoms with E-state index >= 15 is 0 Å². The minimum atomic E-state index is -0.589. The summed E-state index contributed by atoms with van der Waals surface area (Å²) in [4.78, 5) is 7.23. The van der Waals surface area contributed by atoms with Crippen LogP contribution in [0.25, 0.3) is 11.0 Å². The van der Waals surface area contributed by atoms with E-state index in [1.54, 1.807) is 0 Å². The number of hydrogen-bond acceptors (Lipinski definition) is 1. The molecule has 1 aromatic carbocycles. The summed E-state index contributed by atoms with van der Waals surface area (Å²) in [5.41, 5.74) is 0.701. The normalized spacial score (nSPS) is 16.8. The van der Waals surface area contributed by atoms with Crippen LogP contribution in [0.3, 0.4) is 0 Å². The molecule has 0 amide bonds. The number of rotatable bonds is 3. The Hall–Kier alpha value is -1.45. The number of fused-ring (bicyclic) bond motifs is 1. The van der Waals surface area contributed by atoms with E-state index in [9.17, 15) is 8.78 Å². The molecule has 0 aliphatic heterocycles. The van der Waals surface area contributed by atoms with Gasteiger partial charge in [-0.25, -0.2) is 13.8 Å². The Bertz CT molecular complexity index is 556. The van der Waals surface area contributed by atoms with Gasteiger partial charge in [0.15, 0.2) is 5.82 Å². The molecule has 2 aromatic rings. The van der Waals surface area contributed by atoms with Crippen LogP contribution in [0, 0.1) is 17.6 Å². The van der Waals surface area contributed by atoms with Crippen LogP contribution in [0.4, 0.5) is 8.78 Å². The summed E-state index contributed by atoms with van der Waals surface area (Å²) in [6.45, 7) is 0. The average molecular weight is 250 g/mol. The number of nitrogens with one attached hydrogen (secondary N) is 1. The molecule has 1 heterocycles. The maximum atomic E-state index is 13.5. The van der Waals surface area contributed by atoms with Crippen molar-refractivity contribution in [3.05, 3.63) is 29.6 Å². The first kappa shape index (κ1) is 11.6. The maximum absolute atomic E-state index is 13.5. The maximum Gasteiger partial charge on any atom is 0.153 e. The highest BCUT2D eigenvalue weighted by molar-refractivity contribution is 5.75. The van der Waals surface area contributed by atoms with Gasteiger partial charge in [-0.15, -0.1) is 0 Å². The van der Waals surface area contributed by atoms with Gasteiger partial charge in [0, 0.05) is 12.5 Å². The molecule has 4 heteroatoms. The van der Waals surface area contributed by atoms with Gasteiger partial charge < -0.3 is 4.98 Å². The van der Waals surface area contributed by atoms with Crippen molar-refractivity contribution in [1.82, 2.24) is 9.97 Å². The molecular formula is C14H16F2N2. The van der Waals surface area contributed by atoms with E-state index in [0.717, 1.165) is 30.7 Å². The molecule has 0 saturated heterocycles. The smallest absolute Gasteiger partial charge is 0.153 e. The third-order valence-corrected chi connectivity index (χ3v) is 3.82. The second-order valence-corrected chi connectivity index (χ2v) is 5.16. The second-order valence-electron chi connectivity index (χ2n) is 5.16. The third-order valence-electron chi connectivity index (χ3n) is 3.82. The van der Waals surface area contributed by atoms with Crippen LogP contribution in [-0.4, -0.2) is 9.97 Å². The molecule has 1 fully saturated rings. The summed E-state index contributed by atoms with van der Waals surface area (Å²) < 4.78 is 26.5. The topological polar surface area (TPSA) is 28.7 Å². The van der Waals surface area contributed by atoms with Gasteiger partial charge in [-0.1, -0.05) is 25.7 Å². The van der Waals surface area contributed by atoms with Crippen molar-refractivity contribution in [2.24, 2.45) is 5.92 Å². The number of nitrogens with zero attached hydrogens (tertiary/aromatic N) is 1. The fourth-order valence-electron chi connectivity index (χ4n) is 2.85.